The molecule has 3 N–H and O–H groups in total. The number of hydrogen-bond donors (Lipinski definition) is 2. The van der Waals surface area contributed by atoms with E-state index in [-0.39, 0.29) is 5.69 Å². The van der Waals surface area contributed by atoms with Gasteiger partial charge in [0.2, 0.25) is 0 Å². The predicted molar refractivity (Wildman–Crippen MR) is 72.0 cm³/mol. The highest BCUT2D eigenvalue weighted by molar-refractivity contribution is 5.98. The van der Waals surface area contributed by atoms with Crippen LogP contribution in [0.4, 0.5) is 10.1 Å². The minimum absolute atomic E-state index is 0.151. The van der Waals surface area contributed by atoms with Crippen molar-refractivity contribution in [3.05, 3.63) is 54.1 Å². The van der Waals surface area contributed by atoms with Crippen LogP contribution in [-0.2, 0) is 0 Å². The molecule has 3 aromatic rings. The molecule has 0 spiro atoms. The van der Waals surface area contributed by atoms with Crippen LogP contribution in [0.15, 0.2) is 42.6 Å². The maximum absolute atomic E-state index is 13.3. The van der Waals surface area contributed by atoms with Crippen LogP contribution in [0.25, 0.3) is 16.9 Å². The van der Waals surface area contributed by atoms with Gasteiger partial charge in [0.15, 0.2) is 5.69 Å². The Labute approximate surface area is 113 Å². The molecular weight excluding hydrogens is 261 g/mol. The van der Waals surface area contributed by atoms with E-state index < -0.39 is 11.8 Å². The largest absolute Gasteiger partial charge is 0.476 e. The fourth-order valence-corrected chi connectivity index (χ4v) is 2.15. The number of halogens is 1. The van der Waals surface area contributed by atoms with Crippen molar-refractivity contribution < 1.29 is 14.3 Å². The number of pyridine rings is 1. The maximum Gasteiger partial charge on any atom is 0.356 e. The van der Waals surface area contributed by atoms with E-state index in [1.807, 2.05) is 0 Å². The first-order valence-electron chi connectivity index (χ1n) is 5.83. The number of benzene rings is 1. The highest BCUT2D eigenvalue weighted by Crippen LogP contribution is 2.26. The summed E-state index contributed by atoms with van der Waals surface area (Å²) in [6.45, 7) is 0. The molecule has 3 rings (SSSR count). The van der Waals surface area contributed by atoms with Crippen LogP contribution < -0.4 is 5.73 Å². The number of imidazole rings is 1. The van der Waals surface area contributed by atoms with E-state index in [4.69, 9.17) is 5.73 Å². The van der Waals surface area contributed by atoms with Crippen LogP contribution in [-0.4, -0.2) is 20.5 Å². The number of carboxylic acid groups (broad SMARTS) is 1. The Kier molecular flexibility index (Phi) is 2.64. The average molecular weight is 271 g/mol. The minimum atomic E-state index is -1.18. The summed E-state index contributed by atoms with van der Waals surface area (Å²) in [5, 5.41) is 9.22. The summed E-state index contributed by atoms with van der Waals surface area (Å²) >= 11 is 0. The maximum atomic E-state index is 13.3. The van der Waals surface area contributed by atoms with Gasteiger partial charge >= 0.3 is 5.97 Å². The Hall–Kier alpha value is -2.89. The number of anilines is 1. The number of nitrogens with two attached hydrogens (primary N) is 1. The topological polar surface area (TPSA) is 80.6 Å². The molecule has 2 heterocycles. The van der Waals surface area contributed by atoms with Gasteiger partial charge in [0, 0.05) is 11.8 Å². The van der Waals surface area contributed by atoms with Gasteiger partial charge in [0.25, 0.3) is 0 Å². The summed E-state index contributed by atoms with van der Waals surface area (Å²) in [5.41, 5.74) is 6.76. The zero-order valence-electron chi connectivity index (χ0n) is 10.2. The number of fused-ring (bicyclic) bond motifs is 1. The van der Waals surface area contributed by atoms with E-state index in [2.05, 4.69) is 4.98 Å². The summed E-state index contributed by atoms with van der Waals surface area (Å²) in [6.07, 6.45) is 1.64. The molecule has 0 amide bonds. The van der Waals surface area contributed by atoms with Crippen molar-refractivity contribution >= 4 is 17.2 Å². The van der Waals surface area contributed by atoms with E-state index >= 15 is 0 Å². The van der Waals surface area contributed by atoms with Crippen molar-refractivity contribution in [3.8, 4) is 11.4 Å². The normalized spacial score (nSPS) is 10.8. The van der Waals surface area contributed by atoms with Crippen molar-refractivity contribution in [2.24, 2.45) is 0 Å². The molecular formula is C14H10FN3O2. The molecule has 20 heavy (non-hydrogen) atoms. The number of rotatable bonds is 2. The molecule has 6 heteroatoms. The number of carboxylic acids is 1. The van der Waals surface area contributed by atoms with E-state index in [0.29, 0.717) is 22.6 Å². The van der Waals surface area contributed by atoms with E-state index in [0.717, 1.165) is 0 Å². The molecule has 0 bridgehead atoms. The van der Waals surface area contributed by atoms with Crippen LogP contribution in [0, 0.1) is 5.82 Å². The zero-order chi connectivity index (χ0) is 14.3. The lowest BCUT2D eigenvalue weighted by Crippen LogP contribution is -2.00. The van der Waals surface area contributed by atoms with E-state index in [9.17, 15) is 14.3 Å². The first-order chi connectivity index (χ1) is 9.58. The summed E-state index contributed by atoms with van der Waals surface area (Å²) < 4.78 is 14.9. The van der Waals surface area contributed by atoms with Crippen molar-refractivity contribution in [1.82, 2.24) is 9.38 Å². The van der Waals surface area contributed by atoms with E-state index in [1.165, 1.54) is 12.1 Å². The molecule has 0 aliphatic heterocycles. The van der Waals surface area contributed by atoms with Crippen molar-refractivity contribution in [1.29, 1.82) is 0 Å². The highest BCUT2D eigenvalue weighted by Gasteiger charge is 2.19. The number of hydrogen-bond acceptors (Lipinski definition) is 3. The fraction of sp³-hybridized carbons (Fsp3) is 0. The fourth-order valence-electron chi connectivity index (χ4n) is 2.15. The van der Waals surface area contributed by atoms with Crippen molar-refractivity contribution in [2.75, 3.05) is 5.73 Å². The molecule has 0 saturated heterocycles. The molecule has 0 saturated carbocycles. The van der Waals surface area contributed by atoms with Crippen LogP contribution in [0.3, 0.4) is 0 Å². The number of aromatic carboxylic acids is 1. The monoisotopic (exact) mass is 271 g/mol. The lowest BCUT2D eigenvalue weighted by Gasteiger charge is -2.02. The van der Waals surface area contributed by atoms with Crippen LogP contribution in [0.1, 0.15) is 10.5 Å². The highest BCUT2D eigenvalue weighted by atomic mass is 19.1. The second kappa shape index (κ2) is 4.34. The number of nitrogens with zero attached hydrogens (tertiary/aromatic N) is 2. The summed E-state index contributed by atoms with van der Waals surface area (Å²) in [4.78, 5) is 15.4. The van der Waals surface area contributed by atoms with Crippen LogP contribution >= 0.6 is 0 Å². The summed E-state index contributed by atoms with van der Waals surface area (Å²) in [5.74, 6) is -1.26. The third kappa shape index (κ3) is 1.78. The Bertz CT molecular complexity index is 826. The summed E-state index contributed by atoms with van der Waals surface area (Å²) in [6, 6.07) is 9.08. The van der Waals surface area contributed by atoms with E-state index in [1.54, 1.807) is 34.9 Å². The third-order valence-corrected chi connectivity index (χ3v) is 2.98. The van der Waals surface area contributed by atoms with Gasteiger partial charge in [-0.1, -0.05) is 12.1 Å². The van der Waals surface area contributed by atoms with Gasteiger partial charge in [-0.3, -0.25) is 4.40 Å². The van der Waals surface area contributed by atoms with Crippen LogP contribution in [0.2, 0.25) is 0 Å². The Morgan fingerprint density at radius 3 is 2.80 bits per heavy atom. The standard InChI is InChI=1S/C14H10FN3O2/c15-9-4-1-3-8(7-9)13-17-11(14(19)20)12-10(16)5-2-6-18(12)13/h1-7H,16H2,(H,19,20). The Morgan fingerprint density at radius 1 is 1.30 bits per heavy atom. The molecule has 5 nitrogen and oxygen atoms in total. The first-order valence-corrected chi connectivity index (χ1v) is 5.83. The first kappa shape index (κ1) is 12.2. The lowest BCUT2D eigenvalue weighted by molar-refractivity contribution is 0.0693. The Morgan fingerprint density at radius 2 is 2.10 bits per heavy atom. The second-order valence-electron chi connectivity index (χ2n) is 4.28. The zero-order valence-corrected chi connectivity index (χ0v) is 10.2. The van der Waals surface area contributed by atoms with Gasteiger partial charge in [0.1, 0.15) is 17.2 Å². The van der Waals surface area contributed by atoms with Gasteiger partial charge in [-0.25, -0.2) is 14.2 Å². The van der Waals surface area contributed by atoms with Gasteiger partial charge in [-0.05, 0) is 24.3 Å². The molecule has 0 unspecified atom stereocenters. The number of carbonyl (C=O) groups is 1. The molecule has 0 atom stereocenters. The SMILES string of the molecule is Nc1cccn2c(-c3cccc(F)c3)nc(C(=O)O)c12. The Balaban J connectivity index is 2.38. The summed E-state index contributed by atoms with van der Waals surface area (Å²) in [7, 11) is 0. The van der Waals surface area contributed by atoms with Gasteiger partial charge in [-0.2, -0.15) is 0 Å². The molecule has 100 valence electrons. The molecule has 1 aromatic carbocycles. The molecule has 2 aromatic heterocycles. The van der Waals surface area contributed by atoms with Crippen LogP contribution in [0.5, 0.6) is 0 Å². The molecule has 0 fully saturated rings. The van der Waals surface area contributed by atoms with Gasteiger partial charge in [-0.15, -0.1) is 0 Å². The lowest BCUT2D eigenvalue weighted by atomic mass is 10.2. The quantitative estimate of drug-likeness (QED) is 0.750. The predicted octanol–water partition coefficient (Wildman–Crippen LogP) is 2.42. The molecule has 0 aliphatic carbocycles. The van der Waals surface area contributed by atoms with Crippen molar-refractivity contribution in [2.45, 2.75) is 0 Å². The smallest absolute Gasteiger partial charge is 0.356 e. The van der Waals surface area contributed by atoms with Crippen molar-refractivity contribution in [3.63, 3.8) is 0 Å². The third-order valence-electron chi connectivity index (χ3n) is 2.98. The van der Waals surface area contributed by atoms with Gasteiger partial charge < -0.3 is 10.8 Å². The van der Waals surface area contributed by atoms with Gasteiger partial charge in [0.05, 0.1) is 5.69 Å². The number of aromatic nitrogens is 2. The average Bonchev–Trinajstić information content (AvgIpc) is 2.80. The second-order valence-corrected chi connectivity index (χ2v) is 4.28. The minimum Gasteiger partial charge on any atom is -0.476 e. The number of nitrogen functional groups attached to an aromatic ring is 1. The molecule has 0 aliphatic rings. The molecule has 0 radical (unpaired) electrons.